The Hall–Kier alpha value is 0. The topological polar surface area (TPSA) is 0 Å². The van der Waals surface area contributed by atoms with Crippen molar-refractivity contribution in [3.63, 3.8) is 0 Å². The minimum Gasteiger partial charge on any atom is -0.0683 e. The minimum absolute atomic E-state index is 0.866. The summed E-state index contributed by atoms with van der Waals surface area (Å²) in [6.07, 6.45) is 9.54. The number of hydrogen-bond donors (Lipinski definition) is 0. The number of unbranched alkanes of at least 4 members (excludes halogenated alkanes) is 3. The maximum absolute atomic E-state index is 2.30. The van der Waals surface area contributed by atoms with E-state index in [0.29, 0.717) is 0 Å². The highest BCUT2D eigenvalue weighted by Gasteiger charge is 2.01. The van der Waals surface area contributed by atoms with Crippen molar-refractivity contribution in [1.29, 1.82) is 0 Å². The molecular formula is C21H50. The molecule has 134 valence electrons. The fraction of sp³-hybridized carbons (Fsp3) is 1.00. The molecule has 0 N–H and O–H groups in total. The van der Waals surface area contributed by atoms with Gasteiger partial charge in [-0.1, -0.05) is 121 Å². The molecule has 0 spiro atoms. The van der Waals surface area contributed by atoms with Gasteiger partial charge >= 0.3 is 0 Å². The van der Waals surface area contributed by atoms with Gasteiger partial charge in [-0.05, 0) is 17.8 Å². The molecule has 0 aromatic rings. The van der Waals surface area contributed by atoms with Crippen LogP contribution in [0.15, 0.2) is 0 Å². The molecule has 1 atom stereocenters. The summed E-state index contributed by atoms with van der Waals surface area (Å²) in [6, 6.07) is 0. The molecule has 0 amide bonds. The molecule has 0 aromatic heterocycles. The summed E-state index contributed by atoms with van der Waals surface area (Å²) >= 11 is 0. The molecule has 0 heterocycles. The van der Waals surface area contributed by atoms with Gasteiger partial charge in [0.2, 0.25) is 0 Å². The van der Waals surface area contributed by atoms with Gasteiger partial charge in [-0.25, -0.2) is 0 Å². The second-order valence-corrected chi connectivity index (χ2v) is 6.52. The van der Waals surface area contributed by atoms with E-state index in [0.717, 1.165) is 17.8 Å². The summed E-state index contributed by atoms with van der Waals surface area (Å²) in [5.74, 6) is 2.67. The predicted octanol–water partition coefficient (Wildman–Crippen LogP) is 8.74. The van der Waals surface area contributed by atoms with Gasteiger partial charge in [0.1, 0.15) is 0 Å². The lowest BCUT2D eigenvalue weighted by Gasteiger charge is -2.10. The SMILES string of the molecule is CC.CCC(C)C(C)C.CCCCC.CCCCC(C)C. The van der Waals surface area contributed by atoms with E-state index < -0.39 is 0 Å². The molecule has 0 saturated carbocycles. The summed E-state index contributed by atoms with van der Waals surface area (Å²) in [5, 5.41) is 0. The Labute approximate surface area is 139 Å². The summed E-state index contributed by atoms with van der Waals surface area (Å²) in [7, 11) is 0. The lowest BCUT2D eigenvalue weighted by molar-refractivity contribution is 0.407. The van der Waals surface area contributed by atoms with E-state index in [1.807, 2.05) is 13.8 Å². The van der Waals surface area contributed by atoms with Crippen molar-refractivity contribution in [2.45, 2.75) is 121 Å². The Morgan fingerprint density at radius 3 is 1.05 bits per heavy atom. The summed E-state index contributed by atoms with van der Waals surface area (Å²) in [5.41, 5.74) is 0. The van der Waals surface area contributed by atoms with Crippen molar-refractivity contribution in [3.05, 3.63) is 0 Å². The third-order valence-corrected chi connectivity index (χ3v) is 3.62. The van der Waals surface area contributed by atoms with Gasteiger partial charge in [-0.3, -0.25) is 0 Å². The van der Waals surface area contributed by atoms with Crippen LogP contribution in [0, 0.1) is 17.8 Å². The van der Waals surface area contributed by atoms with Gasteiger partial charge in [0.05, 0.1) is 0 Å². The first-order valence-electron chi connectivity index (χ1n) is 9.87. The van der Waals surface area contributed by atoms with Crippen molar-refractivity contribution in [3.8, 4) is 0 Å². The largest absolute Gasteiger partial charge is 0.0683 e. The molecule has 0 nitrogen and oxygen atoms in total. The van der Waals surface area contributed by atoms with E-state index in [1.54, 1.807) is 0 Å². The van der Waals surface area contributed by atoms with E-state index in [4.69, 9.17) is 0 Å². The molecule has 0 heteroatoms. The second kappa shape index (κ2) is 28.2. The lowest BCUT2D eigenvalue weighted by Crippen LogP contribution is -2.00. The van der Waals surface area contributed by atoms with Crippen LogP contribution in [-0.2, 0) is 0 Å². The lowest BCUT2D eigenvalue weighted by atomic mass is 9.96. The van der Waals surface area contributed by atoms with E-state index in [2.05, 4.69) is 62.3 Å². The van der Waals surface area contributed by atoms with Crippen molar-refractivity contribution in [1.82, 2.24) is 0 Å². The van der Waals surface area contributed by atoms with E-state index >= 15 is 0 Å². The highest BCUT2D eigenvalue weighted by atomic mass is 14.1. The second-order valence-electron chi connectivity index (χ2n) is 6.52. The standard InChI is InChI=1S/2C7H16.C5H12.C2H6/c1-5-7(4)6(2)3;1-4-5-6-7(2)3;1-3-5-4-2;1-2/h6-7H,5H2,1-4H3;7H,4-6H2,1-3H3;3-5H2,1-2H3;1-2H3. The Bertz CT molecular complexity index is 122. The third kappa shape index (κ3) is 45.0. The molecule has 1 unspecified atom stereocenters. The molecule has 0 saturated heterocycles. The zero-order valence-electron chi connectivity index (χ0n) is 17.7. The van der Waals surface area contributed by atoms with Crippen LogP contribution in [-0.4, -0.2) is 0 Å². The molecule has 0 fully saturated rings. The van der Waals surface area contributed by atoms with Crippen molar-refractivity contribution < 1.29 is 0 Å². The Morgan fingerprint density at radius 1 is 0.619 bits per heavy atom. The summed E-state index contributed by atoms with van der Waals surface area (Å²) in [4.78, 5) is 0. The van der Waals surface area contributed by atoms with E-state index in [-0.39, 0.29) is 0 Å². The first-order chi connectivity index (χ1) is 9.87. The van der Waals surface area contributed by atoms with Gasteiger partial charge in [-0.15, -0.1) is 0 Å². The maximum Gasteiger partial charge on any atom is -0.0422 e. The fourth-order valence-electron chi connectivity index (χ4n) is 1.44. The average molecular weight is 303 g/mol. The number of hydrogen-bond acceptors (Lipinski definition) is 0. The molecule has 21 heavy (non-hydrogen) atoms. The average Bonchev–Trinajstić information content (AvgIpc) is 2.48. The van der Waals surface area contributed by atoms with Crippen LogP contribution in [0.3, 0.4) is 0 Å². The molecule has 0 aliphatic rings. The molecular weight excluding hydrogens is 252 g/mol. The zero-order valence-corrected chi connectivity index (χ0v) is 17.7. The fourth-order valence-corrected chi connectivity index (χ4v) is 1.44. The Morgan fingerprint density at radius 2 is 1.00 bits per heavy atom. The highest BCUT2D eigenvalue weighted by molar-refractivity contribution is 4.52. The first-order valence-corrected chi connectivity index (χ1v) is 9.87. The van der Waals surface area contributed by atoms with Gasteiger partial charge < -0.3 is 0 Å². The minimum atomic E-state index is 0.866. The molecule has 0 aromatic carbocycles. The van der Waals surface area contributed by atoms with Crippen LogP contribution in [0.25, 0.3) is 0 Å². The summed E-state index contributed by atoms with van der Waals surface area (Å²) in [6.45, 7) is 24.3. The third-order valence-electron chi connectivity index (χ3n) is 3.62. The molecule has 0 aliphatic carbocycles. The van der Waals surface area contributed by atoms with Crippen molar-refractivity contribution in [2.24, 2.45) is 17.8 Å². The Kier molecular flexibility index (Phi) is 39.0. The predicted molar refractivity (Wildman–Crippen MR) is 105 cm³/mol. The van der Waals surface area contributed by atoms with Crippen molar-refractivity contribution in [2.75, 3.05) is 0 Å². The highest BCUT2D eigenvalue weighted by Crippen LogP contribution is 2.11. The van der Waals surface area contributed by atoms with Crippen LogP contribution >= 0.6 is 0 Å². The van der Waals surface area contributed by atoms with Crippen LogP contribution < -0.4 is 0 Å². The first kappa shape index (κ1) is 29.1. The van der Waals surface area contributed by atoms with Crippen LogP contribution in [0.4, 0.5) is 0 Å². The van der Waals surface area contributed by atoms with Crippen molar-refractivity contribution >= 4 is 0 Å². The van der Waals surface area contributed by atoms with Gasteiger partial charge in [-0.2, -0.15) is 0 Å². The van der Waals surface area contributed by atoms with Gasteiger partial charge in [0.25, 0.3) is 0 Å². The number of rotatable bonds is 7. The molecule has 0 aliphatic heterocycles. The monoisotopic (exact) mass is 302 g/mol. The summed E-state index contributed by atoms with van der Waals surface area (Å²) < 4.78 is 0. The van der Waals surface area contributed by atoms with E-state index in [9.17, 15) is 0 Å². The smallest absolute Gasteiger partial charge is 0.0422 e. The van der Waals surface area contributed by atoms with Gasteiger partial charge in [0.15, 0.2) is 0 Å². The molecule has 0 rings (SSSR count). The normalized spacial score (nSPS) is 10.7. The molecule has 0 bridgehead atoms. The quantitative estimate of drug-likeness (QED) is 0.441. The van der Waals surface area contributed by atoms with Crippen LogP contribution in [0.2, 0.25) is 0 Å². The van der Waals surface area contributed by atoms with Gasteiger partial charge in [0, 0.05) is 0 Å². The zero-order chi connectivity index (χ0) is 17.7. The Balaban J connectivity index is -0.0000000986. The maximum atomic E-state index is 2.30. The van der Waals surface area contributed by atoms with E-state index in [1.165, 1.54) is 44.9 Å². The van der Waals surface area contributed by atoms with Crippen LogP contribution in [0.1, 0.15) is 121 Å². The molecule has 0 radical (unpaired) electrons. The van der Waals surface area contributed by atoms with Crippen LogP contribution in [0.5, 0.6) is 0 Å².